The lowest BCUT2D eigenvalue weighted by Crippen LogP contribution is -2.24. The Bertz CT molecular complexity index is 562. The average molecular weight is 283 g/mol. The van der Waals surface area contributed by atoms with Gasteiger partial charge in [-0.2, -0.15) is 0 Å². The van der Waals surface area contributed by atoms with Crippen molar-refractivity contribution in [3.63, 3.8) is 0 Å². The number of aryl methyl sites for hydroxylation is 2. The highest BCUT2D eigenvalue weighted by Gasteiger charge is 2.12. The zero-order valence-electron chi connectivity index (χ0n) is 13.2. The van der Waals surface area contributed by atoms with Gasteiger partial charge in [0.15, 0.2) is 0 Å². The van der Waals surface area contributed by atoms with E-state index in [1.165, 1.54) is 16.8 Å². The predicted octanol–water partition coefficient (Wildman–Crippen LogP) is 4.12. The molecule has 0 heterocycles. The minimum absolute atomic E-state index is 0.467. The minimum atomic E-state index is -0.467. The molecule has 0 aromatic heterocycles. The first-order chi connectivity index (χ1) is 10.1. The van der Waals surface area contributed by atoms with Gasteiger partial charge in [-0.3, -0.25) is 0 Å². The summed E-state index contributed by atoms with van der Waals surface area (Å²) in [5, 5.41) is 10.4. The molecule has 0 saturated carbocycles. The van der Waals surface area contributed by atoms with Crippen molar-refractivity contribution in [2.45, 2.75) is 32.8 Å². The molecule has 21 heavy (non-hydrogen) atoms. The molecule has 0 spiro atoms. The third kappa shape index (κ3) is 4.08. The molecule has 0 aliphatic carbocycles. The topological polar surface area (TPSA) is 23.5 Å². The fraction of sp³-hybridized carbons (Fsp3) is 0.368. The van der Waals surface area contributed by atoms with E-state index in [9.17, 15) is 5.11 Å². The van der Waals surface area contributed by atoms with Crippen LogP contribution in [0.1, 0.15) is 36.1 Å². The van der Waals surface area contributed by atoms with E-state index in [4.69, 9.17) is 0 Å². The van der Waals surface area contributed by atoms with E-state index in [0.29, 0.717) is 6.54 Å². The summed E-state index contributed by atoms with van der Waals surface area (Å²) in [6.07, 6.45) is 1.78. The third-order valence-electron chi connectivity index (χ3n) is 3.88. The van der Waals surface area contributed by atoms with Gasteiger partial charge < -0.3 is 10.0 Å². The van der Waals surface area contributed by atoms with Crippen molar-refractivity contribution in [3.05, 3.63) is 65.2 Å². The second kappa shape index (κ2) is 7.28. The highest BCUT2D eigenvalue weighted by Crippen LogP contribution is 2.22. The Morgan fingerprint density at radius 2 is 1.71 bits per heavy atom. The summed E-state index contributed by atoms with van der Waals surface area (Å²) in [5.74, 6) is 0. The van der Waals surface area contributed by atoms with Gasteiger partial charge in [-0.15, -0.1) is 0 Å². The molecule has 0 amide bonds. The molecule has 0 aliphatic rings. The Kier molecular flexibility index (Phi) is 5.40. The summed E-state index contributed by atoms with van der Waals surface area (Å²) in [7, 11) is 2.02. The molecule has 1 unspecified atom stereocenters. The number of likely N-dealkylation sites (N-methyl/N-ethyl adjacent to an activating group) is 1. The van der Waals surface area contributed by atoms with Crippen molar-refractivity contribution in [1.82, 2.24) is 0 Å². The van der Waals surface area contributed by atoms with Gasteiger partial charge in [-0.1, -0.05) is 55.8 Å². The fourth-order valence-corrected chi connectivity index (χ4v) is 2.65. The molecule has 2 aromatic carbocycles. The minimum Gasteiger partial charge on any atom is -0.387 e. The van der Waals surface area contributed by atoms with Crippen LogP contribution in [0, 0.1) is 6.92 Å². The van der Waals surface area contributed by atoms with Crippen LogP contribution in [0.3, 0.4) is 0 Å². The SMILES string of the molecule is CCCc1ccc(C(O)CN(C)c2ccccc2C)cc1. The van der Waals surface area contributed by atoms with Gasteiger partial charge in [-0.05, 0) is 36.1 Å². The van der Waals surface area contributed by atoms with E-state index in [1.807, 2.05) is 31.3 Å². The summed E-state index contributed by atoms with van der Waals surface area (Å²) >= 11 is 0. The summed E-state index contributed by atoms with van der Waals surface area (Å²) in [5.41, 5.74) is 4.71. The standard InChI is InChI=1S/C19H25NO/c1-4-7-16-10-12-17(13-11-16)19(21)14-20(3)18-9-6-5-8-15(18)2/h5-6,8-13,19,21H,4,7,14H2,1-3H3. The number of hydrogen-bond acceptors (Lipinski definition) is 2. The maximum Gasteiger partial charge on any atom is 0.0964 e. The quantitative estimate of drug-likeness (QED) is 0.862. The predicted molar refractivity (Wildman–Crippen MR) is 89.8 cm³/mol. The average Bonchev–Trinajstić information content (AvgIpc) is 2.48. The van der Waals surface area contributed by atoms with Crippen molar-refractivity contribution in [2.24, 2.45) is 0 Å². The number of aliphatic hydroxyl groups excluding tert-OH is 1. The Morgan fingerprint density at radius 3 is 2.33 bits per heavy atom. The molecule has 0 bridgehead atoms. The van der Waals surface area contributed by atoms with Gasteiger partial charge in [0.1, 0.15) is 0 Å². The number of aliphatic hydroxyl groups is 1. The highest BCUT2D eigenvalue weighted by molar-refractivity contribution is 5.52. The molecule has 0 radical (unpaired) electrons. The van der Waals surface area contributed by atoms with E-state index in [1.54, 1.807) is 0 Å². The van der Waals surface area contributed by atoms with Crippen LogP contribution in [-0.4, -0.2) is 18.7 Å². The first-order valence-corrected chi connectivity index (χ1v) is 7.65. The summed E-state index contributed by atoms with van der Waals surface area (Å²) in [4.78, 5) is 2.11. The molecular weight excluding hydrogens is 258 g/mol. The maximum atomic E-state index is 10.4. The number of nitrogens with zero attached hydrogens (tertiary/aromatic N) is 1. The smallest absolute Gasteiger partial charge is 0.0964 e. The zero-order chi connectivity index (χ0) is 15.2. The van der Waals surface area contributed by atoms with Crippen LogP contribution < -0.4 is 4.90 Å². The normalized spacial score (nSPS) is 12.2. The Morgan fingerprint density at radius 1 is 1.05 bits per heavy atom. The Labute approximate surface area is 128 Å². The number of para-hydroxylation sites is 1. The van der Waals surface area contributed by atoms with Crippen molar-refractivity contribution in [3.8, 4) is 0 Å². The lowest BCUT2D eigenvalue weighted by molar-refractivity contribution is 0.185. The number of benzene rings is 2. The van der Waals surface area contributed by atoms with E-state index < -0.39 is 6.10 Å². The molecule has 1 atom stereocenters. The molecular formula is C19H25NO. The molecule has 0 aliphatic heterocycles. The second-order valence-electron chi connectivity index (χ2n) is 5.67. The van der Waals surface area contributed by atoms with Crippen molar-refractivity contribution < 1.29 is 5.11 Å². The summed E-state index contributed by atoms with van der Waals surface area (Å²) in [6.45, 7) is 4.87. The van der Waals surface area contributed by atoms with Crippen LogP contribution >= 0.6 is 0 Å². The van der Waals surface area contributed by atoms with Crippen molar-refractivity contribution >= 4 is 5.69 Å². The van der Waals surface area contributed by atoms with Crippen LogP contribution in [-0.2, 0) is 6.42 Å². The third-order valence-corrected chi connectivity index (χ3v) is 3.88. The molecule has 0 fully saturated rings. The Balaban J connectivity index is 2.03. The number of hydrogen-bond donors (Lipinski definition) is 1. The highest BCUT2D eigenvalue weighted by atomic mass is 16.3. The van der Waals surface area contributed by atoms with E-state index in [0.717, 1.165) is 18.4 Å². The number of anilines is 1. The van der Waals surface area contributed by atoms with Crippen LogP contribution in [0.5, 0.6) is 0 Å². The Hall–Kier alpha value is -1.80. The van der Waals surface area contributed by atoms with Crippen LogP contribution in [0.15, 0.2) is 48.5 Å². The summed E-state index contributed by atoms with van der Waals surface area (Å²) < 4.78 is 0. The van der Waals surface area contributed by atoms with Gasteiger partial charge in [0.25, 0.3) is 0 Å². The summed E-state index contributed by atoms with van der Waals surface area (Å²) in [6, 6.07) is 16.6. The van der Waals surface area contributed by atoms with Crippen LogP contribution in [0.25, 0.3) is 0 Å². The molecule has 0 saturated heterocycles. The molecule has 2 aromatic rings. The van der Waals surface area contributed by atoms with Gasteiger partial charge in [-0.25, -0.2) is 0 Å². The van der Waals surface area contributed by atoms with Crippen LogP contribution in [0.2, 0.25) is 0 Å². The molecule has 2 nitrogen and oxygen atoms in total. The molecule has 112 valence electrons. The molecule has 2 heteroatoms. The van der Waals surface area contributed by atoms with Crippen molar-refractivity contribution in [1.29, 1.82) is 0 Å². The van der Waals surface area contributed by atoms with Gasteiger partial charge in [0, 0.05) is 19.3 Å². The van der Waals surface area contributed by atoms with E-state index in [-0.39, 0.29) is 0 Å². The first-order valence-electron chi connectivity index (χ1n) is 7.65. The largest absolute Gasteiger partial charge is 0.387 e. The molecule has 2 rings (SSSR count). The lowest BCUT2D eigenvalue weighted by Gasteiger charge is -2.24. The van der Waals surface area contributed by atoms with Gasteiger partial charge in [0.2, 0.25) is 0 Å². The van der Waals surface area contributed by atoms with Crippen molar-refractivity contribution in [2.75, 3.05) is 18.5 Å². The fourth-order valence-electron chi connectivity index (χ4n) is 2.65. The zero-order valence-corrected chi connectivity index (χ0v) is 13.2. The second-order valence-corrected chi connectivity index (χ2v) is 5.67. The van der Waals surface area contributed by atoms with E-state index in [2.05, 4.69) is 43.0 Å². The lowest BCUT2D eigenvalue weighted by atomic mass is 10.0. The van der Waals surface area contributed by atoms with E-state index >= 15 is 0 Å². The first kappa shape index (κ1) is 15.6. The maximum absolute atomic E-state index is 10.4. The number of rotatable bonds is 6. The van der Waals surface area contributed by atoms with Gasteiger partial charge in [0.05, 0.1) is 6.10 Å². The van der Waals surface area contributed by atoms with Gasteiger partial charge >= 0.3 is 0 Å². The monoisotopic (exact) mass is 283 g/mol. The molecule has 1 N–H and O–H groups in total. The van der Waals surface area contributed by atoms with Crippen LogP contribution in [0.4, 0.5) is 5.69 Å².